The molecule has 20 heavy (non-hydrogen) atoms. The first-order valence-corrected chi connectivity index (χ1v) is 6.59. The Morgan fingerprint density at radius 3 is 2.25 bits per heavy atom. The highest BCUT2D eigenvalue weighted by atomic mass is 16.6. The summed E-state index contributed by atoms with van der Waals surface area (Å²) in [6.07, 6.45) is -0.622. The summed E-state index contributed by atoms with van der Waals surface area (Å²) in [5.74, 6) is -0.420. The summed E-state index contributed by atoms with van der Waals surface area (Å²) < 4.78 is 5.51. The summed E-state index contributed by atoms with van der Waals surface area (Å²) in [6, 6.07) is 6.38. The van der Waals surface area contributed by atoms with E-state index in [-0.39, 0.29) is 17.6 Å². The number of carbonyl (C=O) groups is 1. The van der Waals surface area contributed by atoms with Crippen molar-refractivity contribution in [3.8, 4) is 0 Å². The van der Waals surface area contributed by atoms with Gasteiger partial charge >= 0.3 is 5.97 Å². The molecule has 1 atom stereocenters. The van der Waals surface area contributed by atoms with Crippen molar-refractivity contribution < 1.29 is 14.5 Å². The largest absolute Gasteiger partial charge is 0.457 e. The number of benzene rings is 1. The number of carbonyl (C=O) groups excluding carboxylic acids is 1. The third kappa shape index (κ3) is 3.79. The molecule has 1 aromatic carbocycles. The Hall–Kier alpha value is -1.91. The first-order chi connectivity index (χ1) is 9.14. The molecule has 0 saturated heterocycles. The van der Waals surface area contributed by atoms with Gasteiger partial charge < -0.3 is 4.74 Å². The molecule has 0 heterocycles. The van der Waals surface area contributed by atoms with E-state index in [0.29, 0.717) is 5.56 Å². The Kier molecular flexibility index (Phi) is 4.87. The van der Waals surface area contributed by atoms with Crippen LogP contribution in [0.3, 0.4) is 0 Å². The van der Waals surface area contributed by atoms with Crippen molar-refractivity contribution in [3.05, 3.63) is 39.9 Å². The molecule has 0 aliphatic carbocycles. The molecular formula is C15H21NO4. The monoisotopic (exact) mass is 279 g/mol. The van der Waals surface area contributed by atoms with Gasteiger partial charge in [-0.25, -0.2) is 0 Å². The lowest BCUT2D eigenvalue weighted by Crippen LogP contribution is -2.27. The molecule has 0 spiro atoms. The van der Waals surface area contributed by atoms with Crippen LogP contribution in [-0.2, 0) is 9.53 Å². The maximum Gasteiger partial charge on any atom is 0.311 e. The molecule has 1 unspecified atom stereocenters. The average molecular weight is 279 g/mol. The Labute approximate surface area is 119 Å². The summed E-state index contributed by atoms with van der Waals surface area (Å²) in [4.78, 5) is 22.7. The molecule has 0 fully saturated rings. The zero-order valence-corrected chi connectivity index (χ0v) is 12.5. The number of esters is 1. The molecule has 5 nitrogen and oxygen atoms in total. The molecule has 0 saturated carbocycles. The maximum absolute atomic E-state index is 12.0. The van der Waals surface area contributed by atoms with Gasteiger partial charge in [-0.2, -0.15) is 0 Å². The summed E-state index contributed by atoms with van der Waals surface area (Å²) in [5.41, 5.74) is -0.227. The van der Waals surface area contributed by atoms with Gasteiger partial charge in [0.1, 0.15) is 6.10 Å². The van der Waals surface area contributed by atoms with Crippen LogP contribution in [0, 0.1) is 21.4 Å². The average Bonchev–Trinajstić information content (AvgIpc) is 2.33. The molecule has 0 aliphatic rings. The van der Waals surface area contributed by atoms with E-state index in [1.54, 1.807) is 39.0 Å². The molecule has 0 bridgehead atoms. The van der Waals surface area contributed by atoms with Crippen molar-refractivity contribution in [3.63, 3.8) is 0 Å². The van der Waals surface area contributed by atoms with Gasteiger partial charge in [0.2, 0.25) is 0 Å². The van der Waals surface area contributed by atoms with Gasteiger partial charge in [0, 0.05) is 6.07 Å². The third-order valence-corrected chi connectivity index (χ3v) is 2.89. The second kappa shape index (κ2) is 6.03. The van der Waals surface area contributed by atoms with Gasteiger partial charge in [-0.3, -0.25) is 14.9 Å². The summed E-state index contributed by atoms with van der Waals surface area (Å²) in [5, 5.41) is 11.1. The van der Waals surface area contributed by atoms with Gasteiger partial charge in [-0.15, -0.1) is 0 Å². The standard InChI is InChI=1S/C15H21NO4/c1-10(2)13(20-14(17)15(3,4)5)11-8-6-7-9-12(11)16(18)19/h6-10,13H,1-5H3. The van der Waals surface area contributed by atoms with Crippen molar-refractivity contribution in [2.45, 2.75) is 40.7 Å². The van der Waals surface area contributed by atoms with Crippen molar-refractivity contribution in [2.24, 2.45) is 11.3 Å². The lowest BCUT2D eigenvalue weighted by molar-refractivity contribution is -0.386. The van der Waals surface area contributed by atoms with E-state index in [0.717, 1.165) is 0 Å². The second-order valence-electron chi connectivity index (χ2n) is 6.14. The quantitative estimate of drug-likeness (QED) is 0.476. The highest BCUT2D eigenvalue weighted by Crippen LogP contribution is 2.34. The van der Waals surface area contributed by atoms with E-state index in [4.69, 9.17) is 4.74 Å². The molecule has 5 heteroatoms. The Balaban J connectivity index is 3.16. The smallest absolute Gasteiger partial charge is 0.311 e. The van der Waals surface area contributed by atoms with Crippen LogP contribution in [0.15, 0.2) is 24.3 Å². The van der Waals surface area contributed by atoms with Crippen LogP contribution in [0.4, 0.5) is 5.69 Å². The molecule has 0 radical (unpaired) electrons. The van der Waals surface area contributed by atoms with Gasteiger partial charge in [-0.05, 0) is 32.8 Å². The van der Waals surface area contributed by atoms with Crippen LogP contribution < -0.4 is 0 Å². The Morgan fingerprint density at radius 2 is 1.80 bits per heavy atom. The van der Waals surface area contributed by atoms with Crippen molar-refractivity contribution in [1.82, 2.24) is 0 Å². The number of nitrogens with zero attached hydrogens (tertiary/aromatic N) is 1. The molecular weight excluding hydrogens is 258 g/mol. The summed E-state index contributed by atoms with van der Waals surface area (Å²) in [6.45, 7) is 9.01. The lowest BCUT2D eigenvalue weighted by atomic mass is 9.94. The maximum atomic E-state index is 12.0. The van der Waals surface area contributed by atoms with Crippen LogP contribution in [0.5, 0.6) is 0 Å². The van der Waals surface area contributed by atoms with Gasteiger partial charge in [-0.1, -0.05) is 26.0 Å². The number of nitro groups is 1. The molecule has 0 amide bonds. The number of hydrogen-bond acceptors (Lipinski definition) is 4. The first kappa shape index (κ1) is 16.1. The fourth-order valence-electron chi connectivity index (χ4n) is 1.75. The van der Waals surface area contributed by atoms with Gasteiger partial charge in [0.25, 0.3) is 5.69 Å². The molecule has 0 aliphatic heterocycles. The fraction of sp³-hybridized carbons (Fsp3) is 0.533. The number of para-hydroxylation sites is 1. The van der Waals surface area contributed by atoms with Gasteiger partial charge in [0.15, 0.2) is 0 Å². The molecule has 1 rings (SSSR count). The Bertz CT molecular complexity index is 503. The Morgan fingerprint density at radius 1 is 1.25 bits per heavy atom. The topological polar surface area (TPSA) is 69.4 Å². The third-order valence-electron chi connectivity index (χ3n) is 2.89. The van der Waals surface area contributed by atoms with Crippen molar-refractivity contribution in [2.75, 3.05) is 0 Å². The zero-order chi connectivity index (χ0) is 15.5. The predicted molar refractivity (Wildman–Crippen MR) is 76.2 cm³/mol. The van der Waals surface area contributed by atoms with Crippen LogP contribution in [0.2, 0.25) is 0 Å². The minimum Gasteiger partial charge on any atom is -0.457 e. The van der Waals surface area contributed by atoms with Crippen LogP contribution in [0.25, 0.3) is 0 Å². The second-order valence-corrected chi connectivity index (χ2v) is 6.14. The minimum absolute atomic E-state index is 0.0205. The highest BCUT2D eigenvalue weighted by molar-refractivity contribution is 5.75. The molecule has 1 aromatic rings. The zero-order valence-electron chi connectivity index (χ0n) is 12.5. The molecule has 0 N–H and O–H groups in total. The van der Waals surface area contributed by atoms with E-state index < -0.39 is 16.4 Å². The van der Waals surface area contributed by atoms with E-state index in [2.05, 4.69) is 0 Å². The van der Waals surface area contributed by atoms with Crippen LogP contribution >= 0.6 is 0 Å². The fourth-order valence-corrected chi connectivity index (χ4v) is 1.75. The molecule has 0 aromatic heterocycles. The van der Waals surface area contributed by atoms with E-state index in [9.17, 15) is 14.9 Å². The number of hydrogen-bond donors (Lipinski definition) is 0. The van der Waals surface area contributed by atoms with Crippen LogP contribution in [-0.4, -0.2) is 10.9 Å². The SMILES string of the molecule is CC(C)C(OC(=O)C(C)(C)C)c1ccccc1[N+](=O)[O-]. The summed E-state index contributed by atoms with van der Waals surface area (Å²) >= 11 is 0. The van der Waals surface area contributed by atoms with Crippen molar-refractivity contribution in [1.29, 1.82) is 0 Å². The molecule has 110 valence electrons. The van der Waals surface area contributed by atoms with E-state index in [1.807, 2.05) is 13.8 Å². The predicted octanol–water partition coefficient (Wildman–Crippen LogP) is 3.88. The number of rotatable bonds is 4. The summed E-state index contributed by atoms with van der Waals surface area (Å²) in [7, 11) is 0. The van der Waals surface area contributed by atoms with E-state index in [1.165, 1.54) is 6.07 Å². The van der Waals surface area contributed by atoms with Crippen LogP contribution in [0.1, 0.15) is 46.3 Å². The lowest BCUT2D eigenvalue weighted by Gasteiger charge is -2.26. The van der Waals surface area contributed by atoms with Gasteiger partial charge in [0.05, 0.1) is 15.9 Å². The minimum atomic E-state index is -0.642. The highest BCUT2D eigenvalue weighted by Gasteiger charge is 2.31. The van der Waals surface area contributed by atoms with E-state index >= 15 is 0 Å². The van der Waals surface area contributed by atoms with Crippen molar-refractivity contribution >= 4 is 11.7 Å². The number of nitro benzene ring substituents is 1. The first-order valence-electron chi connectivity index (χ1n) is 6.59. The normalized spacial score (nSPS) is 13.1. The number of ether oxygens (including phenoxy) is 1.